The summed E-state index contributed by atoms with van der Waals surface area (Å²) in [6.45, 7) is 1.10. The molecule has 77 heavy (non-hydrogen) atoms. The van der Waals surface area contributed by atoms with E-state index < -0.39 is 119 Å². The molecule has 1 aliphatic rings. The minimum atomic E-state index is -1.58. The van der Waals surface area contributed by atoms with Gasteiger partial charge in [-0.15, -0.1) is 0 Å². The molecule has 7 atom stereocenters. The van der Waals surface area contributed by atoms with Crippen LogP contribution in [0, 0.1) is 22.0 Å². The van der Waals surface area contributed by atoms with Gasteiger partial charge in [0.1, 0.15) is 30.0 Å². The molecule has 4 rings (SSSR count). The van der Waals surface area contributed by atoms with E-state index in [-0.39, 0.29) is 114 Å². The number of aliphatic imine (C=N–C) groups is 2. The van der Waals surface area contributed by atoms with Crippen LogP contribution >= 0.6 is 0 Å². The minimum Gasteiger partial charge on any atom is -0.370 e. The number of H-pyrrole nitrogens is 1. The van der Waals surface area contributed by atoms with E-state index in [1.54, 1.807) is 12.3 Å². The summed E-state index contributed by atoms with van der Waals surface area (Å²) in [7, 11) is 0. The van der Waals surface area contributed by atoms with Crippen LogP contribution in [0.4, 0.5) is 5.69 Å². The standard InChI is InChI=1S/C50H72N16O11/c1-28(67)61-36(14-8-22-59-50(55)56)46(73)63-37-16-17-43(70)57-20-7-13-35(44(52)71)62-45(72)31(23-32-27-60-34-12-4-3-11-33(32)34)26-41(68)30(10-6-21-58-49(53)54)25-42(69)39(24-29-9-2-5-15-40(29)66(76)77)65-48(75)38(18-19-51)64-47(37)74/h2-5,9,11-12,15,27,30-31,35-39,60H,6-8,10,13-14,16-26,51H2,1H3,(H2,52,71)(H,57,70)(H,61,67)(H,62,72)(H,63,73)(H,64,74)(H,65,75)(H4,53,54,58)(H4,55,56,59)/t30-,31-,35+,36+,37+,38+,39-/m1/s1. The number of carbonyl (C=O) groups excluding carboxylic acids is 9. The highest BCUT2D eigenvalue weighted by Gasteiger charge is 2.36. The molecule has 1 aromatic heterocycles. The molecule has 27 nitrogen and oxygen atoms in total. The number of primary amides is 1. The summed E-state index contributed by atoms with van der Waals surface area (Å²) in [5.41, 5.74) is 34.8. The van der Waals surface area contributed by atoms with E-state index in [9.17, 15) is 53.3 Å². The monoisotopic (exact) mass is 1070 g/mol. The summed E-state index contributed by atoms with van der Waals surface area (Å²) in [6, 6.07) is 5.73. The van der Waals surface area contributed by atoms with Crippen LogP contribution in [0.15, 0.2) is 64.7 Å². The van der Waals surface area contributed by atoms with Gasteiger partial charge in [0, 0.05) is 92.8 Å². The molecule has 19 N–H and O–H groups in total. The Kier molecular flexibility index (Phi) is 24.4. The van der Waals surface area contributed by atoms with E-state index in [2.05, 4.69) is 46.9 Å². The predicted molar refractivity (Wildman–Crippen MR) is 285 cm³/mol. The van der Waals surface area contributed by atoms with Crippen molar-refractivity contribution in [3.63, 3.8) is 0 Å². The van der Waals surface area contributed by atoms with Crippen molar-refractivity contribution < 1.29 is 48.1 Å². The zero-order valence-electron chi connectivity index (χ0n) is 43.1. The molecule has 0 unspecified atom stereocenters. The molecule has 0 radical (unpaired) electrons. The molecule has 0 spiro atoms. The molecule has 0 bridgehead atoms. The molecule has 1 fully saturated rings. The van der Waals surface area contributed by atoms with Gasteiger partial charge in [-0.3, -0.25) is 63.2 Å². The largest absolute Gasteiger partial charge is 0.370 e. The number of guanidine groups is 2. The van der Waals surface area contributed by atoms with Crippen molar-refractivity contribution in [1.82, 2.24) is 36.9 Å². The van der Waals surface area contributed by atoms with E-state index in [1.807, 2.05) is 18.2 Å². The number of nitrogens with two attached hydrogens (primary N) is 6. The number of benzene rings is 2. The highest BCUT2D eigenvalue weighted by atomic mass is 16.6. The fourth-order valence-electron chi connectivity index (χ4n) is 8.88. The van der Waals surface area contributed by atoms with Crippen molar-refractivity contribution in [2.24, 2.45) is 56.2 Å². The topological polar surface area (TPSA) is 466 Å². The van der Waals surface area contributed by atoms with Gasteiger partial charge in [0.05, 0.1) is 11.0 Å². The number of para-hydroxylation sites is 2. The van der Waals surface area contributed by atoms with Gasteiger partial charge in [-0.05, 0) is 76.0 Å². The van der Waals surface area contributed by atoms with Gasteiger partial charge in [0.2, 0.25) is 41.4 Å². The number of carbonyl (C=O) groups is 9. The summed E-state index contributed by atoms with van der Waals surface area (Å²) in [5.74, 6) is -9.52. The summed E-state index contributed by atoms with van der Waals surface area (Å²) < 4.78 is 0. The van der Waals surface area contributed by atoms with Crippen molar-refractivity contribution in [1.29, 1.82) is 0 Å². The van der Waals surface area contributed by atoms with Crippen molar-refractivity contribution in [2.45, 2.75) is 121 Å². The second-order valence-electron chi connectivity index (χ2n) is 18.8. The summed E-state index contributed by atoms with van der Waals surface area (Å²) >= 11 is 0. The van der Waals surface area contributed by atoms with Crippen LogP contribution < -0.4 is 66.3 Å². The van der Waals surface area contributed by atoms with E-state index in [0.29, 0.717) is 5.56 Å². The van der Waals surface area contributed by atoms with Gasteiger partial charge in [-0.1, -0.05) is 36.4 Å². The SMILES string of the molecule is CC(=O)N[C@@H](CCCN=C(N)N)C(=O)N[C@H]1CCC(=O)NCCC[C@@H](C(N)=O)NC(=O)[C@H](Cc2c[nH]c3ccccc23)CC(=O)[C@H](CCCN=C(N)N)CC(=O)[C@@H](Cc2ccccc2[N+](=O)[O-])NC(=O)[C@H](CCN)NC1=O. The Labute approximate surface area is 444 Å². The molecule has 1 aliphatic heterocycles. The van der Waals surface area contributed by atoms with E-state index in [0.717, 1.165) is 10.9 Å². The van der Waals surface area contributed by atoms with Gasteiger partial charge in [0.15, 0.2) is 17.7 Å². The van der Waals surface area contributed by atoms with Gasteiger partial charge < -0.3 is 71.3 Å². The van der Waals surface area contributed by atoms with Gasteiger partial charge in [-0.25, -0.2) is 0 Å². The third-order valence-corrected chi connectivity index (χ3v) is 12.9. The minimum absolute atomic E-state index is 0.00257. The Hall–Kier alpha value is -8.49. The summed E-state index contributed by atoms with van der Waals surface area (Å²) in [4.78, 5) is 147. The number of nitrogens with zero attached hydrogens (tertiary/aromatic N) is 3. The molecule has 7 amide bonds. The van der Waals surface area contributed by atoms with Crippen LogP contribution in [0.25, 0.3) is 10.9 Å². The van der Waals surface area contributed by atoms with Gasteiger partial charge in [0.25, 0.3) is 5.69 Å². The number of rotatable bonds is 19. The van der Waals surface area contributed by atoms with Crippen LogP contribution in [0.5, 0.6) is 0 Å². The van der Waals surface area contributed by atoms with Gasteiger partial charge >= 0.3 is 0 Å². The number of hydrogen-bond donors (Lipinski definition) is 13. The van der Waals surface area contributed by atoms with Crippen molar-refractivity contribution in [3.05, 3.63) is 76.0 Å². The van der Waals surface area contributed by atoms with E-state index in [1.165, 1.54) is 31.2 Å². The van der Waals surface area contributed by atoms with Crippen LogP contribution in [-0.4, -0.2) is 131 Å². The number of fused-ring (bicyclic) bond motifs is 1. The Morgan fingerprint density at radius 3 is 2.10 bits per heavy atom. The first kappa shape index (κ1) is 61.1. The molecule has 1 saturated heterocycles. The zero-order chi connectivity index (χ0) is 56.6. The number of hydrogen-bond acceptors (Lipinski definition) is 14. The van der Waals surface area contributed by atoms with Gasteiger partial charge in [-0.2, -0.15) is 0 Å². The maximum atomic E-state index is 14.8. The molecule has 2 heterocycles. The molecule has 0 aliphatic carbocycles. The molecule has 0 saturated carbocycles. The summed E-state index contributed by atoms with van der Waals surface area (Å²) in [6.07, 6.45) is -0.226. The highest BCUT2D eigenvalue weighted by Crippen LogP contribution is 2.27. The number of nitro benzene ring substituents is 1. The molecule has 2 aromatic carbocycles. The Balaban J connectivity index is 1.81. The van der Waals surface area contributed by atoms with Crippen molar-refractivity contribution >= 4 is 81.4 Å². The first-order valence-corrected chi connectivity index (χ1v) is 25.3. The molecular formula is C50H72N16O11. The maximum absolute atomic E-state index is 14.8. The highest BCUT2D eigenvalue weighted by molar-refractivity contribution is 5.98. The van der Waals surface area contributed by atoms with Crippen LogP contribution in [-0.2, 0) is 56.0 Å². The van der Waals surface area contributed by atoms with Crippen LogP contribution in [0.3, 0.4) is 0 Å². The lowest BCUT2D eigenvalue weighted by atomic mass is 9.83. The number of aromatic amines is 1. The first-order valence-electron chi connectivity index (χ1n) is 25.3. The second kappa shape index (κ2) is 30.8. The molecule has 3 aromatic rings. The molecule has 418 valence electrons. The Morgan fingerprint density at radius 1 is 0.766 bits per heavy atom. The average molecular weight is 1070 g/mol. The Bertz CT molecular complexity index is 2650. The molecular weight excluding hydrogens is 1000 g/mol. The third kappa shape index (κ3) is 20.3. The van der Waals surface area contributed by atoms with Crippen molar-refractivity contribution in [2.75, 3.05) is 26.2 Å². The van der Waals surface area contributed by atoms with E-state index in [4.69, 9.17) is 34.4 Å². The number of amides is 7. The number of Topliss-reactive ketones (excluding diaryl/α,β-unsaturated/α-hetero) is 2. The number of nitrogens with one attached hydrogen (secondary N) is 7. The summed E-state index contributed by atoms with van der Waals surface area (Å²) in [5, 5.41) is 28.7. The lowest BCUT2D eigenvalue weighted by molar-refractivity contribution is -0.385. The lowest BCUT2D eigenvalue weighted by Gasteiger charge is -2.27. The zero-order valence-corrected chi connectivity index (χ0v) is 43.1. The average Bonchev–Trinajstić information content (AvgIpc) is 3.79. The lowest BCUT2D eigenvalue weighted by Crippen LogP contribution is -2.58. The quantitative estimate of drug-likeness (QED) is 0.0205. The van der Waals surface area contributed by atoms with Crippen molar-refractivity contribution in [3.8, 4) is 0 Å². The number of nitro groups is 1. The fourth-order valence-corrected chi connectivity index (χ4v) is 8.88. The second-order valence-corrected chi connectivity index (χ2v) is 18.8. The van der Waals surface area contributed by atoms with E-state index >= 15 is 0 Å². The maximum Gasteiger partial charge on any atom is 0.272 e. The fraction of sp³-hybridized carbons (Fsp3) is 0.500. The number of aromatic nitrogens is 1. The third-order valence-electron chi connectivity index (χ3n) is 12.9. The molecule has 27 heteroatoms. The number of ketones is 2. The van der Waals surface area contributed by atoms with Crippen LogP contribution in [0.1, 0.15) is 88.7 Å². The van der Waals surface area contributed by atoms with Crippen LogP contribution in [0.2, 0.25) is 0 Å². The predicted octanol–water partition coefficient (Wildman–Crippen LogP) is -1.91. The first-order chi connectivity index (χ1) is 36.7. The normalized spacial score (nSPS) is 21.0. The Morgan fingerprint density at radius 2 is 1.43 bits per heavy atom. The smallest absolute Gasteiger partial charge is 0.272 e.